The molecule has 0 saturated heterocycles. The molecule has 0 aromatic heterocycles. The lowest BCUT2D eigenvalue weighted by molar-refractivity contribution is 0.864. The maximum Gasteiger partial charge on any atom is 0.0652 e. The molecule has 1 aromatic carbocycles. The Labute approximate surface area is 98.4 Å². The van der Waals surface area contributed by atoms with Crippen LogP contribution in [0.2, 0.25) is 10.0 Å². The maximum absolute atomic E-state index is 6.86. The van der Waals surface area contributed by atoms with Gasteiger partial charge in [0.2, 0.25) is 0 Å². The quantitative estimate of drug-likeness (QED) is 0.712. The van der Waals surface area contributed by atoms with Crippen LogP contribution in [-0.4, -0.2) is 6.21 Å². The number of nitrogens with two attached hydrogens (primary N) is 1. The van der Waals surface area contributed by atoms with Crippen molar-refractivity contribution in [1.29, 1.82) is 5.41 Å². The fraction of sp³-hybridized carbons (Fsp3) is 0.100. The molecule has 0 amide bonds. The van der Waals surface area contributed by atoms with Crippen LogP contribution >= 0.6 is 23.2 Å². The molecule has 0 heterocycles. The van der Waals surface area contributed by atoms with Gasteiger partial charge in [0.15, 0.2) is 0 Å². The van der Waals surface area contributed by atoms with Crippen molar-refractivity contribution >= 4 is 29.4 Å². The number of hydrogen-bond donors (Lipinski definition) is 3. The van der Waals surface area contributed by atoms with Gasteiger partial charge in [-0.3, -0.25) is 0 Å². The first kappa shape index (κ1) is 11.9. The molecule has 0 aliphatic carbocycles. The van der Waals surface area contributed by atoms with Crippen molar-refractivity contribution in [2.45, 2.75) is 6.54 Å². The molecule has 0 aliphatic heterocycles. The van der Waals surface area contributed by atoms with Gasteiger partial charge >= 0.3 is 0 Å². The summed E-state index contributed by atoms with van der Waals surface area (Å²) in [7, 11) is 0. The van der Waals surface area contributed by atoms with Crippen LogP contribution < -0.4 is 11.1 Å². The zero-order chi connectivity index (χ0) is 11.3. The molecule has 0 atom stereocenters. The SMILES string of the molecule is N=C/C(N)=C\NCc1ccc(Cl)c(Cl)c1. The minimum Gasteiger partial charge on any atom is -0.396 e. The maximum atomic E-state index is 6.86. The van der Waals surface area contributed by atoms with E-state index in [0.29, 0.717) is 22.3 Å². The molecule has 4 N–H and O–H groups in total. The van der Waals surface area contributed by atoms with Crippen LogP contribution in [0.1, 0.15) is 5.56 Å². The summed E-state index contributed by atoms with van der Waals surface area (Å²) in [6, 6.07) is 5.39. The van der Waals surface area contributed by atoms with Crippen LogP contribution in [0.25, 0.3) is 0 Å². The molecule has 5 heteroatoms. The minimum atomic E-state index is 0.370. The van der Waals surface area contributed by atoms with Crippen LogP contribution in [0, 0.1) is 5.41 Å². The molecular formula is C10H11Cl2N3. The highest BCUT2D eigenvalue weighted by molar-refractivity contribution is 6.42. The van der Waals surface area contributed by atoms with E-state index in [0.717, 1.165) is 11.8 Å². The molecule has 0 fully saturated rings. The van der Waals surface area contributed by atoms with E-state index in [1.165, 1.54) is 0 Å². The number of hydrogen-bond acceptors (Lipinski definition) is 3. The Morgan fingerprint density at radius 2 is 2.13 bits per heavy atom. The lowest BCUT2D eigenvalue weighted by atomic mass is 10.2. The number of nitrogens with one attached hydrogen (secondary N) is 2. The van der Waals surface area contributed by atoms with Gasteiger partial charge in [-0.2, -0.15) is 0 Å². The molecule has 0 bridgehead atoms. The van der Waals surface area contributed by atoms with Crippen molar-refractivity contribution in [3.05, 3.63) is 45.7 Å². The summed E-state index contributed by atoms with van der Waals surface area (Å²) < 4.78 is 0. The van der Waals surface area contributed by atoms with Crippen LogP contribution in [0.4, 0.5) is 0 Å². The van der Waals surface area contributed by atoms with Gasteiger partial charge in [-0.25, -0.2) is 0 Å². The predicted octanol–water partition coefficient (Wildman–Crippen LogP) is 2.53. The summed E-state index contributed by atoms with van der Waals surface area (Å²) in [6.45, 7) is 0.589. The van der Waals surface area contributed by atoms with Crippen molar-refractivity contribution in [1.82, 2.24) is 5.32 Å². The molecular weight excluding hydrogens is 233 g/mol. The average molecular weight is 244 g/mol. The highest BCUT2D eigenvalue weighted by atomic mass is 35.5. The Bertz CT molecular complexity index is 388. The van der Waals surface area contributed by atoms with E-state index in [9.17, 15) is 0 Å². The topological polar surface area (TPSA) is 61.9 Å². The molecule has 3 nitrogen and oxygen atoms in total. The molecule has 1 aromatic rings. The average Bonchev–Trinajstić information content (AvgIpc) is 2.23. The van der Waals surface area contributed by atoms with Crippen molar-refractivity contribution in [2.75, 3.05) is 0 Å². The standard InChI is InChI=1S/C10H11Cl2N3/c11-9-2-1-7(3-10(9)12)5-15-6-8(14)4-13/h1-4,6,13,15H,5,14H2/b8-6+,13-4?. The van der Waals surface area contributed by atoms with Crippen molar-refractivity contribution in [3.8, 4) is 0 Å². The fourth-order valence-corrected chi connectivity index (χ4v) is 1.30. The van der Waals surface area contributed by atoms with Crippen molar-refractivity contribution < 1.29 is 0 Å². The normalized spacial score (nSPS) is 11.2. The van der Waals surface area contributed by atoms with Gasteiger partial charge < -0.3 is 16.5 Å². The van der Waals surface area contributed by atoms with Crippen LogP contribution in [-0.2, 0) is 6.54 Å². The Morgan fingerprint density at radius 3 is 2.73 bits per heavy atom. The van der Waals surface area contributed by atoms with Crippen molar-refractivity contribution in [3.63, 3.8) is 0 Å². The minimum absolute atomic E-state index is 0.370. The Hall–Kier alpha value is -1.19. The van der Waals surface area contributed by atoms with Crippen LogP contribution in [0.5, 0.6) is 0 Å². The zero-order valence-electron chi connectivity index (χ0n) is 7.93. The molecule has 0 spiro atoms. The first-order chi connectivity index (χ1) is 7.13. The second kappa shape index (κ2) is 5.63. The molecule has 1 rings (SSSR count). The lowest BCUT2D eigenvalue weighted by Crippen LogP contribution is -2.09. The van der Waals surface area contributed by atoms with E-state index in [4.69, 9.17) is 34.3 Å². The Morgan fingerprint density at radius 1 is 1.40 bits per heavy atom. The number of halogens is 2. The number of rotatable bonds is 4. The first-order valence-electron chi connectivity index (χ1n) is 4.27. The molecule has 0 aliphatic rings. The van der Waals surface area contributed by atoms with E-state index >= 15 is 0 Å². The van der Waals surface area contributed by atoms with Gasteiger partial charge in [0.1, 0.15) is 0 Å². The van der Waals surface area contributed by atoms with Gasteiger partial charge in [0.05, 0.1) is 15.7 Å². The van der Waals surface area contributed by atoms with Gasteiger partial charge in [-0.1, -0.05) is 29.3 Å². The molecule has 0 unspecified atom stereocenters. The van der Waals surface area contributed by atoms with Crippen LogP contribution in [0.15, 0.2) is 30.1 Å². The largest absolute Gasteiger partial charge is 0.396 e. The monoisotopic (exact) mass is 243 g/mol. The van der Waals surface area contributed by atoms with Gasteiger partial charge in [0, 0.05) is 19.0 Å². The summed E-state index contributed by atoms with van der Waals surface area (Å²) in [5, 5.41) is 10.9. The summed E-state index contributed by atoms with van der Waals surface area (Å²) in [5.74, 6) is 0. The lowest BCUT2D eigenvalue weighted by Gasteiger charge is -2.03. The number of benzene rings is 1. The van der Waals surface area contributed by atoms with E-state index in [-0.39, 0.29) is 0 Å². The molecule has 15 heavy (non-hydrogen) atoms. The third kappa shape index (κ3) is 3.81. The second-order valence-corrected chi connectivity index (χ2v) is 3.73. The van der Waals surface area contributed by atoms with Gasteiger partial charge in [-0.15, -0.1) is 0 Å². The third-order valence-corrected chi connectivity index (χ3v) is 2.46. The molecule has 0 radical (unpaired) electrons. The molecule has 80 valence electrons. The summed E-state index contributed by atoms with van der Waals surface area (Å²) in [4.78, 5) is 0. The van der Waals surface area contributed by atoms with E-state index < -0.39 is 0 Å². The Kier molecular flexibility index (Phi) is 4.46. The highest BCUT2D eigenvalue weighted by Gasteiger charge is 1.98. The highest BCUT2D eigenvalue weighted by Crippen LogP contribution is 2.22. The Balaban J connectivity index is 2.58. The van der Waals surface area contributed by atoms with Crippen molar-refractivity contribution in [2.24, 2.45) is 5.73 Å². The van der Waals surface area contributed by atoms with Gasteiger partial charge in [0.25, 0.3) is 0 Å². The zero-order valence-corrected chi connectivity index (χ0v) is 9.44. The van der Waals surface area contributed by atoms with Crippen LogP contribution in [0.3, 0.4) is 0 Å². The number of allylic oxidation sites excluding steroid dienone is 1. The van der Waals surface area contributed by atoms with E-state index in [1.54, 1.807) is 18.3 Å². The smallest absolute Gasteiger partial charge is 0.0652 e. The summed E-state index contributed by atoms with van der Waals surface area (Å²) >= 11 is 11.6. The fourth-order valence-electron chi connectivity index (χ4n) is 0.978. The summed E-state index contributed by atoms with van der Waals surface area (Å²) in [5.41, 5.74) is 6.77. The predicted molar refractivity (Wildman–Crippen MR) is 64.4 cm³/mol. The van der Waals surface area contributed by atoms with E-state index in [1.807, 2.05) is 6.07 Å². The first-order valence-corrected chi connectivity index (χ1v) is 5.02. The molecule has 0 saturated carbocycles. The van der Waals surface area contributed by atoms with E-state index in [2.05, 4.69) is 5.32 Å². The second-order valence-electron chi connectivity index (χ2n) is 2.92. The summed E-state index contributed by atoms with van der Waals surface area (Å²) in [6.07, 6.45) is 2.64. The third-order valence-electron chi connectivity index (χ3n) is 1.73. The van der Waals surface area contributed by atoms with Gasteiger partial charge in [-0.05, 0) is 17.7 Å².